The maximum absolute atomic E-state index is 14.2. The van der Waals surface area contributed by atoms with Crippen molar-refractivity contribution in [1.82, 2.24) is 20.4 Å². The van der Waals surface area contributed by atoms with Gasteiger partial charge in [0.2, 0.25) is 17.7 Å². The third kappa shape index (κ3) is 14.0. The van der Waals surface area contributed by atoms with Gasteiger partial charge in [0.15, 0.2) is 0 Å². The number of aromatic hydroxyl groups is 1. The van der Waals surface area contributed by atoms with E-state index in [1.165, 1.54) is 29.0 Å². The Bertz CT molecular complexity index is 1320. The Morgan fingerprint density at radius 2 is 1.62 bits per heavy atom. The molecule has 7 atom stereocenters. The lowest BCUT2D eigenvalue weighted by atomic mass is 9.94. The number of rotatable bonds is 22. The van der Waals surface area contributed by atoms with E-state index >= 15 is 0 Å². The molecule has 0 aliphatic carbocycles. The molecule has 0 spiro atoms. The van der Waals surface area contributed by atoms with Gasteiger partial charge in [0, 0.05) is 26.1 Å². The van der Waals surface area contributed by atoms with Gasteiger partial charge in [0.25, 0.3) is 5.91 Å². The van der Waals surface area contributed by atoms with Crippen molar-refractivity contribution in [2.75, 3.05) is 13.6 Å². The fourth-order valence-electron chi connectivity index (χ4n) is 6.38. The van der Waals surface area contributed by atoms with Gasteiger partial charge >= 0.3 is 5.97 Å². The largest absolute Gasteiger partial charge is 0.508 e. The van der Waals surface area contributed by atoms with Crippen LogP contribution in [-0.2, 0) is 30.4 Å². The Balaban J connectivity index is 2.17. The number of aliphatic hydroxyl groups excluding tert-OH is 1. The molecule has 0 saturated carbocycles. The minimum atomic E-state index is -1.54. The number of carboxylic acid groups (broad SMARTS) is 1. The number of halogens is 2. The third-order valence-electron chi connectivity index (χ3n) is 9.78. The van der Waals surface area contributed by atoms with Gasteiger partial charge in [-0.3, -0.25) is 19.2 Å². The average molecular weight is 773 g/mol. The standard InChI is InChI=1S/C37H59Cl2N5O8/c1-6-23(4)31(42-34(48)32(46)26(40)12-9-7-8-10-14-30(38)39)36(50)43(5)29(20-22(2)3)35(49)44-19-11-13-28(44)33(47)41-27(37(51)52)21-24-15-17-25(45)18-16-24/h15-18,22-23,26-32,45-46H,6-14,19-21,40H2,1-5H3,(H,41,47)(H,42,48)(H,51,52)/t23-,26-,27-,28+,29+,31-,32-/m0/s1. The minimum Gasteiger partial charge on any atom is -0.508 e. The molecule has 1 heterocycles. The second-order valence-corrected chi connectivity index (χ2v) is 15.7. The highest BCUT2D eigenvalue weighted by atomic mass is 35.5. The molecular formula is C37H59Cl2N5O8. The van der Waals surface area contributed by atoms with Crippen molar-refractivity contribution < 1.29 is 39.3 Å². The normalized spacial score (nSPS) is 18.0. The zero-order valence-electron chi connectivity index (χ0n) is 31.1. The molecule has 1 aromatic carbocycles. The summed E-state index contributed by atoms with van der Waals surface area (Å²) in [4.78, 5) is 69.5. The number of benzene rings is 1. The number of likely N-dealkylation sites (tertiary alicyclic amines) is 1. The van der Waals surface area contributed by atoms with Crippen LogP contribution in [0.5, 0.6) is 5.75 Å². The monoisotopic (exact) mass is 771 g/mol. The molecule has 0 radical (unpaired) electrons. The van der Waals surface area contributed by atoms with E-state index in [1.807, 2.05) is 20.8 Å². The lowest BCUT2D eigenvalue weighted by Crippen LogP contribution is -2.60. The fraction of sp³-hybridized carbons (Fsp3) is 0.703. The van der Waals surface area contributed by atoms with Crippen molar-refractivity contribution in [2.45, 2.75) is 139 Å². The number of hydrogen-bond acceptors (Lipinski definition) is 8. The number of unbranched alkanes of at least 4 members (excludes halogenated alkanes) is 3. The molecular weight excluding hydrogens is 713 g/mol. The molecule has 1 aliphatic heterocycles. The summed E-state index contributed by atoms with van der Waals surface area (Å²) < 4.78 is 0. The number of carbonyl (C=O) groups is 5. The number of phenols is 1. The van der Waals surface area contributed by atoms with Crippen LogP contribution >= 0.6 is 23.2 Å². The van der Waals surface area contributed by atoms with E-state index in [0.29, 0.717) is 44.1 Å². The number of carbonyl (C=O) groups excluding carboxylic acids is 4. The van der Waals surface area contributed by atoms with Crippen molar-refractivity contribution in [3.05, 3.63) is 29.8 Å². The first-order chi connectivity index (χ1) is 24.5. The van der Waals surface area contributed by atoms with Crippen LogP contribution < -0.4 is 16.4 Å². The van der Waals surface area contributed by atoms with Crippen LogP contribution in [0.15, 0.2) is 24.3 Å². The molecule has 13 nitrogen and oxygen atoms in total. The highest BCUT2D eigenvalue weighted by Crippen LogP contribution is 2.24. The average Bonchev–Trinajstić information content (AvgIpc) is 3.60. The Kier molecular flexibility index (Phi) is 19.2. The summed E-state index contributed by atoms with van der Waals surface area (Å²) >= 11 is 11.5. The molecule has 4 amide bonds. The summed E-state index contributed by atoms with van der Waals surface area (Å²) in [6, 6.07) is 0.923. The summed E-state index contributed by atoms with van der Waals surface area (Å²) in [7, 11) is 1.50. The van der Waals surface area contributed by atoms with E-state index in [0.717, 1.165) is 19.3 Å². The summed E-state index contributed by atoms with van der Waals surface area (Å²) in [6.07, 6.45) is 4.44. The number of hydrogen-bond donors (Lipinski definition) is 6. The van der Waals surface area contributed by atoms with Gasteiger partial charge in [-0.2, -0.15) is 0 Å². The van der Waals surface area contributed by atoms with E-state index in [9.17, 15) is 39.3 Å². The van der Waals surface area contributed by atoms with Gasteiger partial charge in [-0.15, -0.1) is 23.2 Å². The molecule has 7 N–H and O–H groups in total. The zero-order chi connectivity index (χ0) is 39.1. The Hall–Kier alpha value is -3.13. The molecule has 0 aromatic heterocycles. The molecule has 294 valence electrons. The van der Waals surface area contributed by atoms with Gasteiger partial charge in [-0.1, -0.05) is 71.9 Å². The molecule has 1 aliphatic rings. The van der Waals surface area contributed by atoms with Crippen molar-refractivity contribution in [3.8, 4) is 5.75 Å². The smallest absolute Gasteiger partial charge is 0.326 e. The maximum Gasteiger partial charge on any atom is 0.326 e. The number of aliphatic hydroxyl groups is 1. The first-order valence-corrected chi connectivity index (χ1v) is 19.3. The van der Waals surface area contributed by atoms with Crippen LogP contribution in [0.2, 0.25) is 0 Å². The Morgan fingerprint density at radius 1 is 1.00 bits per heavy atom. The van der Waals surface area contributed by atoms with Gasteiger partial charge in [0.1, 0.15) is 40.9 Å². The number of likely N-dealkylation sites (N-methyl/N-ethyl adjacent to an activating group) is 1. The molecule has 0 bridgehead atoms. The maximum atomic E-state index is 14.2. The summed E-state index contributed by atoms with van der Waals surface area (Å²) in [5, 5.41) is 35.5. The number of aliphatic carboxylic acids is 1. The van der Waals surface area contributed by atoms with Crippen LogP contribution in [0.4, 0.5) is 0 Å². The van der Waals surface area contributed by atoms with E-state index in [1.54, 1.807) is 19.1 Å². The number of carboxylic acids is 1. The minimum absolute atomic E-state index is 0.0245. The predicted octanol–water partition coefficient (Wildman–Crippen LogP) is 3.73. The van der Waals surface area contributed by atoms with Crippen LogP contribution in [0.1, 0.15) is 97.5 Å². The molecule has 0 unspecified atom stereocenters. The van der Waals surface area contributed by atoms with Gasteiger partial charge in [-0.25, -0.2) is 4.79 Å². The molecule has 1 fully saturated rings. The molecule has 52 heavy (non-hydrogen) atoms. The number of nitrogens with zero attached hydrogens (tertiary/aromatic N) is 2. The lowest BCUT2D eigenvalue weighted by Gasteiger charge is -2.37. The van der Waals surface area contributed by atoms with Crippen LogP contribution in [-0.4, -0.2) is 109 Å². The third-order valence-corrected chi connectivity index (χ3v) is 10.2. The quantitative estimate of drug-likeness (QED) is 0.0750. The summed E-state index contributed by atoms with van der Waals surface area (Å²) in [5.41, 5.74) is 6.77. The fourth-order valence-corrected chi connectivity index (χ4v) is 6.69. The molecule has 2 rings (SSSR count). The van der Waals surface area contributed by atoms with E-state index in [4.69, 9.17) is 28.9 Å². The van der Waals surface area contributed by atoms with Crippen molar-refractivity contribution in [2.24, 2.45) is 17.6 Å². The SMILES string of the molecule is CC[C@H](C)[C@H](NC(=O)[C@@H](O)[C@@H](N)CCCCCCC(Cl)Cl)C(=O)N(C)[C@H](CC(C)C)C(=O)N1CCC[C@@H]1C(=O)N[C@@H](Cc1ccc(O)cc1)C(=O)O. The van der Waals surface area contributed by atoms with Gasteiger partial charge in [-0.05, 0) is 61.6 Å². The van der Waals surface area contributed by atoms with Gasteiger partial charge in [0.05, 0.1) is 0 Å². The van der Waals surface area contributed by atoms with E-state index < -0.39 is 70.7 Å². The zero-order valence-corrected chi connectivity index (χ0v) is 32.6. The highest BCUT2D eigenvalue weighted by molar-refractivity contribution is 6.44. The van der Waals surface area contributed by atoms with Crippen LogP contribution in [0.25, 0.3) is 0 Å². The van der Waals surface area contributed by atoms with Crippen molar-refractivity contribution in [3.63, 3.8) is 0 Å². The molecule has 1 saturated heterocycles. The second-order valence-electron chi connectivity index (χ2n) is 14.4. The van der Waals surface area contributed by atoms with Crippen molar-refractivity contribution in [1.29, 1.82) is 0 Å². The molecule has 15 heteroatoms. The van der Waals surface area contributed by atoms with E-state index in [2.05, 4.69) is 10.6 Å². The van der Waals surface area contributed by atoms with Crippen molar-refractivity contribution >= 4 is 52.8 Å². The summed E-state index contributed by atoms with van der Waals surface area (Å²) in [5.74, 6) is -3.93. The number of amides is 4. The lowest BCUT2D eigenvalue weighted by molar-refractivity contribution is -0.150. The first kappa shape index (κ1) is 45.0. The number of nitrogens with two attached hydrogens (primary N) is 1. The second kappa shape index (κ2) is 22.2. The Morgan fingerprint density at radius 3 is 2.17 bits per heavy atom. The van der Waals surface area contributed by atoms with Gasteiger partial charge < -0.3 is 41.5 Å². The number of nitrogens with one attached hydrogen (secondary N) is 2. The topological polar surface area (TPSA) is 203 Å². The number of alkyl halides is 2. The number of phenolic OH excluding ortho intramolecular Hbond substituents is 1. The highest BCUT2D eigenvalue weighted by Gasteiger charge is 2.42. The first-order valence-electron chi connectivity index (χ1n) is 18.4. The molecule has 1 aromatic rings. The van der Waals surface area contributed by atoms with E-state index in [-0.39, 0.29) is 37.0 Å². The summed E-state index contributed by atoms with van der Waals surface area (Å²) in [6.45, 7) is 7.73. The Labute approximate surface area is 317 Å². The predicted molar refractivity (Wildman–Crippen MR) is 201 cm³/mol. The van der Waals surface area contributed by atoms with Crippen LogP contribution in [0, 0.1) is 11.8 Å². The van der Waals surface area contributed by atoms with Crippen LogP contribution in [0.3, 0.4) is 0 Å².